The van der Waals surface area contributed by atoms with Gasteiger partial charge in [0.2, 0.25) is 0 Å². The second kappa shape index (κ2) is 10.8. The van der Waals surface area contributed by atoms with E-state index >= 15 is 0 Å². The second-order valence-electron chi connectivity index (χ2n) is 9.59. The predicted octanol–water partition coefficient (Wildman–Crippen LogP) is 7.10. The highest BCUT2D eigenvalue weighted by molar-refractivity contribution is 7.17. The number of hydrogen-bond donors (Lipinski definition) is 0. The van der Waals surface area contributed by atoms with Gasteiger partial charge >= 0.3 is 0 Å². The lowest BCUT2D eigenvalue weighted by atomic mass is 9.79. The molecule has 0 saturated heterocycles. The Morgan fingerprint density at radius 1 is 1.06 bits per heavy atom. The third-order valence-corrected chi connectivity index (χ3v) is 8.45. The van der Waals surface area contributed by atoms with Crippen LogP contribution < -0.4 is 0 Å². The van der Waals surface area contributed by atoms with E-state index in [1.807, 2.05) is 29.7 Å². The van der Waals surface area contributed by atoms with Crippen molar-refractivity contribution < 1.29 is 4.79 Å². The molecule has 1 atom stereocenters. The molecule has 3 heterocycles. The molecular formula is C29H34N2OS. The van der Waals surface area contributed by atoms with E-state index in [0.29, 0.717) is 5.78 Å². The molecule has 0 radical (unpaired) electrons. The number of hydrogen-bond acceptors (Lipinski definition) is 4. The van der Waals surface area contributed by atoms with Crippen molar-refractivity contribution in [3.63, 3.8) is 0 Å². The molecule has 1 aliphatic heterocycles. The number of Topliss-reactive ketones (excluding diaryl/α,β-unsaturated/α-hetero) is 1. The van der Waals surface area contributed by atoms with E-state index in [2.05, 4.69) is 51.7 Å². The van der Waals surface area contributed by atoms with Gasteiger partial charge in [-0.25, -0.2) is 0 Å². The molecule has 0 spiro atoms. The minimum atomic E-state index is -0.0650. The van der Waals surface area contributed by atoms with E-state index in [9.17, 15) is 4.79 Å². The first-order valence-corrected chi connectivity index (χ1v) is 13.5. The largest absolute Gasteiger partial charge is 0.303 e. The Balaban J connectivity index is 1.25. The van der Waals surface area contributed by atoms with Crippen LogP contribution in [0.2, 0.25) is 0 Å². The van der Waals surface area contributed by atoms with Gasteiger partial charge in [0.15, 0.2) is 0 Å². The van der Waals surface area contributed by atoms with Gasteiger partial charge in [-0.05, 0) is 78.8 Å². The van der Waals surface area contributed by atoms with Crippen LogP contribution in [0.5, 0.6) is 0 Å². The second-order valence-corrected chi connectivity index (χ2v) is 10.5. The quantitative estimate of drug-likeness (QED) is 0.379. The van der Waals surface area contributed by atoms with E-state index in [1.165, 1.54) is 40.5 Å². The van der Waals surface area contributed by atoms with E-state index in [-0.39, 0.29) is 11.8 Å². The summed E-state index contributed by atoms with van der Waals surface area (Å²) in [7, 11) is 0. The zero-order valence-electron chi connectivity index (χ0n) is 19.4. The van der Waals surface area contributed by atoms with Gasteiger partial charge in [0.25, 0.3) is 0 Å². The highest BCUT2D eigenvalue weighted by atomic mass is 32.1. The number of thiophene rings is 1. The van der Waals surface area contributed by atoms with Crippen LogP contribution in [-0.2, 0) is 4.79 Å². The monoisotopic (exact) mass is 458 g/mol. The van der Waals surface area contributed by atoms with Crippen molar-refractivity contribution in [2.75, 3.05) is 19.6 Å². The van der Waals surface area contributed by atoms with E-state index in [1.54, 1.807) is 0 Å². The molecule has 0 amide bonds. The molecule has 0 N–H and O–H groups in total. The molecule has 3 aromatic rings. The summed E-state index contributed by atoms with van der Waals surface area (Å²) in [5.41, 5.74) is 3.85. The summed E-state index contributed by atoms with van der Waals surface area (Å²) in [5.74, 6) is 0.603. The fraction of sp³-hybridized carbons (Fsp3) is 0.448. The Bertz CT molecular complexity index is 1100. The van der Waals surface area contributed by atoms with Crippen molar-refractivity contribution in [3.05, 3.63) is 71.4 Å². The number of ketones is 1. The van der Waals surface area contributed by atoms with Crippen LogP contribution in [0.3, 0.4) is 0 Å². The zero-order valence-corrected chi connectivity index (χ0v) is 20.2. The highest BCUT2D eigenvalue weighted by Gasteiger charge is 2.30. The van der Waals surface area contributed by atoms with Crippen molar-refractivity contribution in [1.82, 2.24) is 9.88 Å². The first kappa shape index (κ1) is 22.5. The van der Waals surface area contributed by atoms with Crippen molar-refractivity contribution in [1.29, 1.82) is 0 Å². The van der Waals surface area contributed by atoms with Gasteiger partial charge in [-0.3, -0.25) is 9.78 Å². The minimum Gasteiger partial charge on any atom is -0.303 e. The van der Waals surface area contributed by atoms with Crippen molar-refractivity contribution in [2.45, 2.75) is 57.3 Å². The van der Waals surface area contributed by atoms with Crippen LogP contribution >= 0.6 is 11.3 Å². The topological polar surface area (TPSA) is 33.2 Å². The molecule has 1 aliphatic carbocycles. The number of fused-ring (bicyclic) bond motifs is 1. The number of carbonyl (C=O) groups is 1. The smallest absolute Gasteiger partial charge is 0.145 e. The predicted molar refractivity (Wildman–Crippen MR) is 139 cm³/mol. The maximum absolute atomic E-state index is 13.5. The molecule has 1 saturated carbocycles. The standard InChI is InChI=1S/C29H34N2OS/c32-28(23-8-2-1-3-9-23)26(27-13-4-5-17-30-27)15-20-31-18-7-11-22(14-19-31)25-12-6-10-24-16-21-33-29(24)25/h4-6,10-13,16-17,21,23,26H,1-3,7-9,14-15,18-20H2. The Morgan fingerprint density at radius 3 is 2.82 bits per heavy atom. The van der Waals surface area contributed by atoms with Crippen LogP contribution in [0.1, 0.15) is 68.5 Å². The number of benzene rings is 1. The third-order valence-electron chi connectivity index (χ3n) is 7.49. The zero-order chi connectivity index (χ0) is 22.5. The molecule has 0 bridgehead atoms. The molecule has 172 valence electrons. The summed E-state index contributed by atoms with van der Waals surface area (Å²) in [5, 5.41) is 3.54. The van der Waals surface area contributed by atoms with Gasteiger partial charge in [-0.15, -0.1) is 11.3 Å². The molecule has 2 aromatic heterocycles. The maximum Gasteiger partial charge on any atom is 0.145 e. The molecule has 1 unspecified atom stereocenters. The fourth-order valence-corrected chi connectivity index (χ4v) is 6.58. The van der Waals surface area contributed by atoms with Gasteiger partial charge in [0.1, 0.15) is 5.78 Å². The lowest BCUT2D eigenvalue weighted by Gasteiger charge is -2.27. The number of pyridine rings is 1. The average Bonchev–Trinajstić information content (AvgIpc) is 3.24. The summed E-state index contributed by atoms with van der Waals surface area (Å²) in [6.07, 6.45) is 13.1. The number of rotatable bonds is 7. The van der Waals surface area contributed by atoms with E-state index in [0.717, 1.165) is 57.4 Å². The minimum absolute atomic E-state index is 0.0650. The highest BCUT2D eigenvalue weighted by Crippen LogP contribution is 2.34. The van der Waals surface area contributed by atoms with Gasteiger partial charge in [0, 0.05) is 29.9 Å². The van der Waals surface area contributed by atoms with Crippen LogP contribution in [0.4, 0.5) is 0 Å². The molecule has 3 nitrogen and oxygen atoms in total. The first-order chi connectivity index (χ1) is 16.3. The summed E-state index contributed by atoms with van der Waals surface area (Å²) in [4.78, 5) is 20.7. The molecule has 5 rings (SSSR count). The Morgan fingerprint density at radius 2 is 1.97 bits per heavy atom. The summed E-state index contributed by atoms with van der Waals surface area (Å²) < 4.78 is 1.41. The van der Waals surface area contributed by atoms with Crippen molar-refractivity contribution >= 4 is 32.8 Å². The van der Waals surface area contributed by atoms with Crippen LogP contribution in [0.15, 0.2) is 60.1 Å². The van der Waals surface area contributed by atoms with Crippen LogP contribution in [0, 0.1) is 5.92 Å². The SMILES string of the molecule is O=C(C1CCCCC1)C(CCN1CCC=C(c2cccc3ccsc23)CC1)c1ccccn1. The van der Waals surface area contributed by atoms with Gasteiger partial charge < -0.3 is 4.90 Å². The maximum atomic E-state index is 13.5. The molecular weight excluding hydrogens is 424 g/mol. The van der Waals surface area contributed by atoms with Crippen LogP contribution in [-0.4, -0.2) is 35.3 Å². The van der Waals surface area contributed by atoms with Gasteiger partial charge in [0.05, 0.1) is 11.6 Å². The lowest BCUT2D eigenvalue weighted by molar-refractivity contribution is -0.125. The number of carbonyl (C=O) groups excluding carboxylic acids is 1. The average molecular weight is 459 g/mol. The summed E-state index contributed by atoms with van der Waals surface area (Å²) >= 11 is 1.84. The Labute approximate surface area is 201 Å². The van der Waals surface area contributed by atoms with E-state index < -0.39 is 0 Å². The Kier molecular flexibility index (Phi) is 7.33. The molecule has 1 fully saturated rings. The fourth-order valence-electron chi connectivity index (χ4n) is 5.63. The number of nitrogens with zero attached hydrogens (tertiary/aromatic N) is 2. The molecule has 33 heavy (non-hydrogen) atoms. The summed E-state index contributed by atoms with van der Waals surface area (Å²) in [6, 6.07) is 14.9. The molecule has 1 aromatic carbocycles. The lowest BCUT2D eigenvalue weighted by Crippen LogP contribution is -2.31. The van der Waals surface area contributed by atoms with E-state index in [4.69, 9.17) is 0 Å². The van der Waals surface area contributed by atoms with Crippen molar-refractivity contribution in [3.8, 4) is 0 Å². The van der Waals surface area contributed by atoms with Gasteiger partial charge in [-0.2, -0.15) is 0 Å². The first-order valence-electron chi connectivity index (χ1n) is 12.6. The third kappa shape index (κ3) is 5.28. The number of aromatic nitrogens is 1. The van der Waals surface area contributed by atoms with Crippen molar-refractivity contribution in [2.24, 2.45) is 5.92 Å². The van der Waals surface area contributed by atoms with Gasteiger partial charge in [-0.1, -0.05) is 49.6 Å². The molecule has 2 aliphatic rings. The van der Waals surface area contributed by atoms with Crippen LogP contribution in [0.25, 0.3) is 15.7 Å². The molecule has 4 heteroatoms. The normalized spacial score (nSPS) is 19.2. The Hall–Kier alpha value is -2.30. The summed E-state index contributed by atoms with van der Waals surface area (Å²) in [6.45, 7) is 3.08.